The van der Waals surface area contributed by atoms with Crippen molar-refractivity contribution in [3.8, 4) is 5.75 Å². The minimum Gasteiger partial charge on any atom is -0.493 e. The molecule has 0 bridgehead atoms. The van der Waals surface area contributed by atoms with Crippen LogP contribution in [-0.2, 0) is 33.8 Å². The van der Waals surface area contributed by atoms with Crippen LogP contribution in [0, 0.1) is 10.1 Å². The van der Waals surface area contributed by atoms with E-state index in [0.717, 1.165) is 56.3 Å². The summed E-state index contributed by atoms with van der Waals surface area (Å²) in [6.07, 6.45) is -0.662. The minimum absolute atomic E-state index is 0.0760. The fourth-order valence-electron chi connectivity index (χ4n) is 4.69. The highest BCUT2D eigenvalue weighted by Crippen LogP contribution is 2.28. The molecule has 4 N–H and O–H groups in total. The second kappa shape index (κ2) is 13.9. The number of nitro groups is 1. The Morgan fingerprint density at radius 2 is 1.74 bits per heavy atom. The number of nitrogens with zero attached hydrogens (tertiary/aromatic N) is 4. The van der Waals surface area contributed by atoms with Gasteiger partial charge in [0, 0.05) is 38.1 Å². The van der Waals surface area contributed by atoms with Crippen molar-refractivity contribution in [3.05, 3.63) is 63.5 Å². The average Bonchev–Trinajstić information content (AvgIpc) is 3.52. The molecule has 0 saturated heterocycles. The van der Waals surface area contributed by atoms with Gasteiger partial charge in [-0.15, -0.1) is 0 Å². The number of carbonyl (C=O) groups is 3. The molecule has 1 aliphatic heterocycles. The first-order chi connectivity index (χ1) is 19.9. The van der Waals surface area contributed by atoms with Crippen LogP contribution in [0.1, 0.15) is 43.6 Å². The van der Waals surface area contributed by atoms with Crippen molar-refractivity contribution in [2.45, 2.75) is 51.7 Å². The summed E-state index contributed by atoms with van der Waals surface area (Å²) >= 11 is 0. The number of non-ortho nitro benzene ring substituents is 1. The summed E-state index contributed by atoms with van der Waals surface area (Å²) in [5.41, 5.74) is 1.39. The van der Waals surface area contributed by atoms with E-state index in [0.29, 0.717) is 11.9 Å². The van der Waals surface area contributed by atoms with Gasteiger partial charge in [-0.25, -0.2) is 9.78 Å². The number of hydrogen-bond acceptors (Lipinski definition) is 9. The summed E-state index contributed by atoms with van der Waals surface area (Å²) in [5.74, 6) is -3.11. The van der Waals surface area contributed by atoms with Crippen molar-refractivity contribution < 1.29 is 44.5 Å². The predicted molar refractivity (Wildman–Crippen MR) is 150 cm³/mol. The van der Waals surface area contributed by atoms with Gasteiger partial charge in [-0.3, -0.25) is 19.7 Å². The van der Waals surface area contributed by atoms with Gasteiger partial charge in [-0.2, -0.15) is 0 Å². The van der Waals surface area contributed by atoms with Crippen LogP contribution in [0.15, 0.2) is 36.4 Å². The van der Waals surface area contributed by atoms with Crippen LogP contribution in [0.4, 0.5) is 5.69 Å². The number of benzene rings is 2. The summed E-state index contributed by atoms with van der Waals surface area (Å²) < 4.78 is 7.82. The smallest absolute Gasteiger partial charge is 0.336 e. The zero-order chi connectivity index (χ0) is 31.0. The molecule has 0 amide bonds. The molecule has 2 aromatic carbocycles. The maximum Gasteiger partial charge on any atom is 0.336 e. The third-order valence-corrected chi connectivity index (χ3v) is 6.96. The molecule has 2 heterocycles. The van der Waals surface area contributed by atoms with E-state index in [1.165, 1.54) is 11.1 Å². The molecule has 0 unspecified atom stereocenters. The lowest BCUT2D eigenvalue weighted by atomic mass is 9.96. The van der Waals surface area contributed by atoms with Crippen LogP contribution in [-0.4, -0.2) is 89.6 Å². The van der Waals surface area contributed by atoms with Crippen LogP contribution >= 0.6 is 0 Å². The summed E-state index contributed by atoms with van der Waals surface area (Å²) in [4.78, 5) is 48.5. The molecule has 0 spiro atoms. The maximum atomic E-state index is 11.2. The number of rotatable bonds is 13. The molecule has 0 fully saturated rings. The zero-order valence-corrected chi connectivity index (χ0v) is 23.4. The Kier molecular flexibility index (Phi) is 10.6. The van der Waals surface area contributed by atoms with Crippen molar-refractivity contribution in [1.82, 2.24) is 14.5 Å². The van der Waals surface area contributed by atoms with Gasteiger partial charge in [0.05, 0.1) is 35.4 Å². The number of aliphatic hydroxyl groups is 1. The molecule has 14 heteroatoms. The molecule has 226 valence electrons. The number of likely N-dealkylation sites (N-methyl/N-ethyl adjacent to an activating group) is 1. The Morgan fingerprint density at radius 1 is 1.07 bits per heavy atom. The molecule has 1 aliphatic rings. The largest absolute Gasteiger partial charge is 0.493 e. The highest BCUT2D eigenvalue weighted by molar-refractivity contribution is 5.88. The number of fused-ring (bicyclic) bond motifs is 2. The van der Waals surface area contributed by atoms with Crippen molar-refractivity contribution in [2.24, 2.45) is 0 Å². The molecule has 4 rings (SSSR count). The summed E-state index contributed by atoms with van der Waals surface area (Å²) in [6.45, 7) is 8.77. The first-order valence-corrected chi connectivity index (χ1v) is 13.4. The topological polar surface area (TPSA) is 206 Å². The SMILES string of the molecule is CCN(CC)CCn1c(Cc2ccc3c(c2)CCO3)nc2cc([N+](=O)[O-])ccc21.O=C(O)CC(O)(CC(=O)O)C(=O)O. The Morgan fingerprint density at radius 3 is 2.31 bits per heavy atom. The number of carboxylic acids is 3. The highest BCUT2D eigenvalue weighted by atomic mass is 16.6. The molecule has 42 heavy (non-hydrogen) atoms. The van der Waals surface area contributed by atoms with E-state index in [9.17, 15) is 24.5 Å². The van der Waals surface area contributed by atoms with Gasteiger partial charge in [0.2, 0.25) is 0 Å². The van der Waals surface area contributed by atoms with E-state index in [1.54, 1.807) is 12.1 Å². The van der Waals surface area contributed by atoms with E-state index >= 15 is 0 Å². The van der Waals surface area contributed by atoms with Gasteiger partial charge in [0.1, 0.15) is 11.6 Å². The molecule has 14 nitrogen and oxygen atoms in total. The first kappa shape index (κ1) is 32.0. The lowest BCUT2D eigenvalue weighted by molar-refractivity contribution is -0.384. The van der Waals surface area contributed by atoms with Crippen LogP contribution in [0.25, 0.3) is 11.0 Å². The molecule has 0 saturated carbocycles. The fourth-order valence-corrected chi connectivity index (χ4v) is 4.69. The number of imidazole rings is 1. The van der Waals surface area contributed by atoms with E-state index in [1.807, 2.05) is 12.1 Å². The Bertz CT molecular complexity index is 1450. The normalized spacial score (nSPS) is 12.4. The first-order valence-electron chi connectivity index (χ1n) is 13.4. The van der Waals surface area contributed by atoms with Crippen molar-refractivity contribution in [1.29, 1.82) is 0 Å². The predicted octanol–water partition coefficient (Wildman–Crippen LogP) is 2.56. The van der Waals surface area contributed by atoms with E-state index in [-0.39, 0.29) is 10.6 Å². The van der Waals surface area contributed by atoms with Crippen LogP contribution < -0.4 is 4.74 Å². The fraction of sp³-hybridized carbons (Fsp3) is 0.429. The highest BCUT2D eigenvalue weighted by Gasteiger charge is 2.40. The van der Waals surface area contributed by atoms with Crippen molar-refractivity contribution >= 4 is 34.6 Å². The molecule has 0 atom stereocenters. The molecule has 1 aromatic heterocycles. The summed E-state index contributed by atoms with van der Waals surface area (Å²) in [5, 5.41) is 45.0. The molecular formula is C28H34N4O10. The quantitative estimate of drug-likeness (QED) is 0.168. The van der Waals surface area contributed by atoms with E-state index in [2.05, 4.69) is 35.4 Å². The van der Waals surface area contributed by atoms with Gasteiger partial charge >= 0.3 is 17.9 Å². The third kappa shape index (κ3) is 8.01. The number of aliphatic carboxylic acids is 3. The minimum atomic E-state index is -2.74. The van der Waals surface area contributed by atoms with Crippen LogP contribution in [0.3, 0.4) is 0 Å². The number of nitro benzene ring substituents is 1. The average molecular weight is 587 g/mol. The van der Waals surface area contributed by atoms with Crippen molar-refractivity contribution in [2.75, 3.05) is 26.2 Å². The molecule has 0 radical (unpaired) electrons. The lowest BCUT2D eigenvalue weighted by Gasteiger charge is -2.19. The zero-order valence-electron chi connectivity index (χ0n) is 23.4. The third-order valence-electron chi connectivity index (χ3n) is 6.96. The number of ether oxygens (including phenoxy) is 1. The Labute approximate surface area is 240 Å². The maximum absolute atomic E-state index is 11.2. The van der Waals surface area contributed by atoms with Gasteiger partial charge in [-0.1, -0.05) is 26.0 Å². The number of carboxylic acid groups (broad SMARTS) is 3. The van der Waals surface area contributed by atoms with Gasteiger partial charge in [0.15, 0.2) is 5.60 Å². The van der Waals surface area contributed by atoms with Gasteiger partial charge in [-0.05, 0) is 36.3 Å². The summed E-state index contributed by atoms with van der Waals surface area (Å²) in [6, 6.07) is 11.3. The molecular weight excluding hydrogens is 552 g/mol. The molecule has 0 aliphatic carbocycles. The van der Waals surface area contributed by atoms with Crippen LogP contribution in [0.2, 0.25) is 0 Å². The number of aromatic nitrogens is 2. The second-order valence-corrected chi connectivity index (χ2v) is 9.83. The Hall–Kier alpha value is -4.56. The lowest BCUT2D eigenvalue weighted by Crippen LogP contribution is -2.42. The van der Waals surface area contributed by atoms with Gasteiger partial charge in [0.25, 0.3) is 5.69 Å². The van der Waals surface area contributed by atoms with Gasteiger partial charge < -0.3 is 34.6 Å². The number of hydrogen-bond donors (Lipinski definition) is 4. The van der Waals surface area contributed by atoms with E-state index in [4.69, 9.17) is 30.1 Å². The van der Waals surface area contributed by atoms with Crippen LogP contribution in [0.5, 0.6) is 5.75 Å². The van der Waals surface area contributed by atoms with Crippen molar-refractivity contribution in [3.63, 3.8) is 0 Å². The van der Waals surface area contributed by atoms with E-state index < -0.39 is 36.4 Å². The Balaban J connectivity index is 0.000000316. The monoisotopic (exact) mass is 586 g/mol. The second-order valence-electron chi connectivity index (χ2n) is 9.83. The standard InChI is InChI=1S/C22H26N4O3.C6H8O7/c1-3-24(4-2)10-11-25-20-7-6-18(26(27)28)15-19(20)23-22(25)14-16-5-8-21-17(13-16)9-12-29-21;7-3(8)1-6(13,5(11)12)2-4(9)10/h5-8,13,15H,3-4,9-12,14H2,1-2H3;13H,1-2H2,(H,7,8)(H,9,10)(H,11,12). The summed E-state index contributed by atoms with van der Waals surface area (Å²) in [7, 11) is 0. The molecule has 3 aromatic rings.